The number of allylic oxidation sites excluding steroid dienone is 9. The van der Waals surface area contributed by atoms with E-state index in [1.165, 1.54) is 18.2 Å². The topological polar surface area (TPSA) is 86.3 Å². The van der Waals surface area contributed by atoms with Gasteiger partial charge in [-0.15, -0.1) is 0 Å². The molecule has 2 atom stereocenters. The molecule has 0 saturated heterocycles. The molecule has 6 nitrogen and oxygen atoms in total. The van der Waals surface area contributed by atoms with E-state index in [0.29, 0.717) is 6.20 Å². The van der Waals surface area contributed by atoms with Gasteiger partial charge >= 0.3 is 0 Å². The predicted octanol–water partition coefficient (Wildman–Crippen LogP) is 4.47. The van der Waals surface area contributed by atoms with Crippen LogP contribution >= 0.6 is 0 Å². The summed E-state index contributed by atoms with van der Waals surface area (Å²) in [5, 5.41) is 19.9. The van der Waals surface area contributed by atoms with Crippen LogP contribution in [-0.4, -0.2) is 27.7 Å². The highest BCUT2D eigenvalue weighted by Gasteiger charge is 2.31. The molecule has 2 unspecified atom stereocenters. The number of halogens is 4. The van der Waals surface area contributed by atoms with E-state index >= 15 is 0 Å². The highest BCUT2D eigenvalue weighted by atomic mass is 19.2. The van der Waals surface area contributed by atoms with E-state index in [2.05, 4.69) is 0 Å². The highest BCUT2D eigenvalue weighted by molar-refractivity contribution is 5.26. The standard InChI is InChI=1S/C8H9F2NO2.C8H7F2NO2/c2*9-7-2-1-3-8(10,6-7)4-5-11(12)13/h1-3H,4-6H2;1-5H,6H2/b;5-4+. The van der Waals surface area contributed by atoms with Gasteiger partial charge in [0, 0.05) is 23.8 Å². The lowest BCUT2D eigenvalue weighted by molar-refractivity contribution is -0.482. The summed E-state index contributed by atoms with van der Waals surface area (Å²) in [5.41, 5.74) is -3.95. The fraction of sp³-hybridized carbons (Fsp3) is 0.375. The summed E-state index contributed by atoms with van der Waals surface area (Å²) in [5.74, 6) is -1.20. The minimum atomic E-state index is -2.06. The Morgan fingerprint density at radius 3 is 2.12 bits per heavy atom. The van der Waals surface area contributed by atoms with Crippen LogP contribution in [0.15, 0.2) is 60.4 Å². The van der Waals surface area contributed by atoms with Crippen LogP contribution in [0.3, 0.4) is 0 Å². The van der Waals surface area contributed by atoms with Crippen molar-refractivity contribution in [3.8, 4) is 0 Å². The van der Waals surface area contributed by atoms with Gasteiger partial charge in [0.1, 0.15) is 17.3 Å². The molecule has 142 valence electrons. The Morgan fingerprint density at radius 1 is 1.04 bits per heavy atom. The quantitative estimate of drug-likeness (QED) is 0.402. The smallest absolute Gasteiger partial charge is 0.234 e. The maximum absolute atomic E-state index is 13.5. The molecule has 2 rings (SSSR count). The van der Waals surface area contributed by atoms with Gasteiger partial charge in [0.15, 0.2) is 5.67 Å². The average molecular weight is 376 g/mol. The van der Waals surface area contributed by atoms with E-state index in [-0.39, 0.29) is 6.42 Å². The number of alkyl halides is 2. The van der Waals surface area contributed by atoms with Crippen molar-refractivity contribution in [1.29, 1.82) is 0 Å². The van der Waals surface area contributed by atoms with Gasteiger partial charge in [-0.2, -0.15) is 0 Å². The molecule has 0 fully saturated rings. The summed E-state index contributed by atoms with van der Waals surface area (Å²) in [4.78, 5) is 18.5. The molecule has 0 N–H and O–H groups in total. The summed E-state index contributed by atoms with van der Waals surface area (Å²) in [7, 11) is 0. The SMILES string of the molecule is O=[N+]([O-])/C=C/C1(F)C=CC=C(F)C1.O=[N+]([O-])CCC1(F)C=CC=C(F)C1. The summed E-state index contributed by atoms with van der Waals surface area (Å²) in [6.45, 7) is -0.478. The van der Waals surface area contributed by atoms with E-state index in [1.807, 2.05) is 0 Å². The predicted molar refractivity (Wildman–Crippen MR) is 86.2 cm³/mol. The third-order valence-electron chi connectivity index (χ3n) is 3.41. The zero-order chi connectivity index (χ0) is 19.8. The second-order valence-electron chi connectivity index (χ2n) is 5.67. The molecule has 0 heterocycles. The second-order valence-corrected chi connectivity index (χ2v) is 5.67. The maximum atomic E-state index is 13.5. The first-order chi connectivity index (χ1) is 12.0. The minimum Gasteiger partial charge on any atom is -0.265 e. The summed E-state index contributed by atoms with van der Waals surface area (Å²) in [6, 6.07) is 0. The van der Waals surface area contributed by atoms with Crippen molar-refractivity contribution in [3.63, 3.8) is 0 Å². The lowest BCUT2D eigenvalue weighted by Gasteiger charge is -2.20. The number of rotatable bonds is 5. The van der Waals surface area contributed by atoms with E-state index in [4.69, 9.17) is 0 Å². The van der Waals surface area contributed by atoms with Crippen LogP contribution in [0, 0.1) is 20.2 Å². The highest BCUT2D eigenvalue weighted by Crippen LogP contribution is 2.31. The lowest BCUT2D eigenvalue weighted by atomic mass is 9.93. The first-order valence-electron chi connectivity index (χ1n) is 7.44. The van der Waals surface area contributed by atoms with Gasteiger partial charge in [-0.05, 0) is 24.3 Å². The summed E-state index contributed by atoms with van der Waals surface area (Å²) in [6.07, 6.45) is 7.03. The van der Waals surface area contributed by atoms with Gasteiger partial charge in [0.25, 0.3) is 0 Å². The van der Waals surface area contributed by atoms with E-state index in [1.54, 1.807) is 0 Å². The van der Waals surface area contributed by atoms with Gasteiger partial charge in [-0.3, -0.25) is 20.2 Å². The molecule has 2 aliphatic carbocycles. The number of hydrogen-bond donors (Lipinski definition) is 0. The van der Waals surface area contributed by atoms with Gasteiger partial charge in [-0.25, -0.2) is 17.6 Å². The molecule has 0 aliphatic heterocycles. The molecule has 0 saturated carbocycles. The zero-order valence-electron chi connectivity index (χ0n) is 13.5. The molecule has 0 amide bonds. The monoisotopic (exact) mass is 376 g/mol. The number of nitro groups is 2. The average Bonchev–Trinajstić information content (AvgIpc) is 2.52. The largest absolute Gasteiger partial charge is 0.265 e. The molecule has 10 heteroatoms. The molecule has 0 aromatic carbocycles. The van der Waals surface area contributed by atoms with Crippen LogP contribution in [-0.2, 0) is 0 Å². The minimum absolute atomic E-state index is 0.280. The second kappa shape index (κ2) is 9.07. The Kier molecular flexibility index (Phi) is 7.41. The van der Waals surface area contributed by atoms with Crippen molar-refractivity contribution in [2.75, 3.05) is 6.54 Å². The lowest BCUT2D eigenvalue weighted by Crippen LogP contribution is -2.25. The van der Waals surface area contributed by atoms with Crippen LogP contribution in [0.1, 0.15) is 19.3 Å². The van der Waals surface area contributed by atoms with Gasteiger partial charge < -0.3 is 0 Å². The number of hydrogen-bond acceptors (Lipinski definition) is 4. The molecule has 0 spiro atoms. The van der Waals surface area contributed by atoms with Crippen LogP contribution in [0.5, 0.6) is 0 Å². The van der Waals surface area contributed by atoms with Crippen molar-refractivity contribution in [1.82, 2.24) is 0 Å². The first-order valence-corrected chi connectivity index (χ1v) is 7.44. The Bertz CT molecular complexity index is 702. The van der Waals surface area contributed by atoms with Crippen molar-refractivity contribution in [2.45, 2.75) is 30.6 Å². The fourth-order valence-corrected chi connectivity index (χ4v) is 2.16. The zero-order valence-corrected chi connectivity index (χ0v) is 13.5. The van der Waals surface area contributed by atoms with Crippen molar-refractivity contribution >= 4 is 0 Å². The molecule has 0 aromatic heterocycles. The van der Waals surface area contributed by atoms with E-state index in [9.17, 15) is 37.8 Å². The van der Waals surface area contributed by atoms with Crippen LogP contribution in [0.4, 0.5) is 17.6 Å². The van der Waals surface area contributed by atoms with Gasteiger partial charge in [0.2, 0.25) is 12.7 Å². The molecule has 0 radical (unpaired) electrons. The number of nitrogens with zero attached hydrogens (tertiary/aromatic N) is 2. The summed E-state index contributed by atoms with van der Waals surface area (Å²) < 4.78 is 52.1. The normalized spacial score (nSPS) is 27.4. The van der Waals surface area contributed by atoms with Gasteiger partial charge in [-0.1, -0.05) is 12.2 Å². The van der Waals surface area contributed by atoms with E-state index < -0.39 is 52.2 Å². The Balaban J connectivity index is 0.000000260. The van der Waals surface area contributed by atoms with E-state index in [0.717, 1.165) is 24.3 Å². The molecular weight excluding hydrogens is 360 g/mol. The maximum Gasteiger partial charge on any atom is 0.234 e. The van der Waals surface area contributed by atoms with Crippen molar-refractivity contribution < 1.29 is 27.4 Å². The Morgan fingerprint density at radius 2 is 1.62 bits per heavy atom. The van der Waals surface area contributed by atoms with Crippen molar-refractivity contribution in [2.24, 2.45) is 0 Å². The van der Waals surface area contributed by atoms with Crippen LogP contribution < -0.4 is 0 Å². The summed E-state index contributed by atoms with van der Waals surface area (Å²) >= 11 is 0. The molecular formula is C16H16F4N2O4. The fourth-order valence-electron chi connectivity index (χ4n) is 2.16. The van der Waals surface area contributed by atoms with Gasteiger partial charge in [0.05, 0.1) is 11.3 Å². The Hall–Kier alpha value is -2.78. The molecule has 0 aromatic rings. The van der Waals surface area contributed by atoms with Crippen molar-refractivity contribution in [3.05, 3.63) is 80.6 Å². The third-order valence-corrected chi connectivity index (χ3v) is 3.41. The molecule has 0 bridgehead atoms. The van der Waals surface area contributed by atoms with Crippen LogP contribution in [0.25, 0.3) is 0 Å². The first kappa shape index (κ1) is 21.3. The Labute approximate surface area is 146 Å². The molecule has 26 heavy (non-hydrogen) atoms. The molecule has 2 aliphatic rings. The van der Waals surface area contributed by atoms with Crippen LogP contribution in [0.2, 0.25) is 0 Å². The third kappa shape index (κ3) is 7.86.